The van der Waals surface area contributed by atoms with Gasteiger partial charge in [-0.2, -0.15) is 0 Å². The highest BCUT2D eigenvalue weighted by Crippen LogP contribution is 2.19. The molecule has 1 aromatic carbocycles. The Kier molecular flexibility index (Phi) is 4.90. The lowest BCUT2D eigenvalue weighted by Crippen LogP contribution is -2.17. The summed E-state index contributed by atoms with van der Waals surface area (Å²) in [7, 11) is 0. The predicted molar refractivity (Wildman–Crippen MR) is 77.6 cm³/mol. The zero-order valence-electron chi connectivity index (χ0n) is 11.0. The number of ether oxygens (including phenoxy) is 1. The van der Waals surface area contributed by atoms with Gasteiger partial charge in [0.25, 0.3) is 0 Å². The fourth-order valence-corrected chi connectivity index (χ4v) is 1.78. The summed E-state index contributed by atoms with van der Waals surface area (Å²) in [5.74, 6) is 0.643. The lowest BCUT2D eigenvalue weighted by atomic mass is 10.2. The van der Waals surface area contributed by atoms with Crippen LogP contribution in [-0.4, -0.2) is 29.1 Å². The summed E-state index contributed by atoms with van der Waals surface area (Å²) in [4.78, 5) is 19.8. The van der Waals surface area contributed by atoms with Crippen molar-refractivity contribution < 1.29 is 9.53 Å². The molecule has 0 bridgehead atoms. The van der Waals surface area contributed by atoms with Crippen molar-refractivity contribution in [1.82, 2.24) is 9.97 Å². The molecule has 0 radical (unpaired) electrons. The van der Waals surface area contributed by atoms with Gasteiger partial charge in [-0.25, -0.2) is 9.97 Å². The van der Waals surface area contributed by atoms with Crippen LogP contribution in [0.2, 0.25) is 5.15 Å². The number of hydrogen-bond acceptors (Lipinski definition) is 5. The first-order valence-electron chi connectivity index (χ1n) is 6.18. The van der Waals surface area contributed by atoms with E-state index >= 15 is 0 Å². The molecule has 20 heavy (non-hydrogen) atoms. The van der Waals surface area contributed by atoms with Gasteiger partial charge in [-0.1, -0.05) is 41.9 Å². The van der Waals surface area contributed by atoms with E-state index in [0.717, 1.165) is 5.56 Å². The number of esters is 1. The van der Waals surface area contributed by atoms with Gasteiger partial charge in [-0.3, -0.25) is 4.79 Å². The van der Waals surface area contributed by atoms with Crippen LogP contribution in [-0.2, 0) is 9.53 Å². The highest BCUT2D eigenvalue weighted by Gasteiger charge is 2.07. The second-order valence-electron chi connectivity index (χ2n) is 3.92. The van der Waals surface area contributed by atoms with Crippen LogP contribution in [0.4, 0.5) is 5.82 Å². The molecule has 0 atom stereocenters. The first-order chi connectivity index (χ1) is 9.69. The van der Waals surface area contributed by atoms with Crippen LogP contribution in [0.1, 0.15) is 6.92 Å². The molecule has 0 aliphatic heterocycles. The Hall–Kier alpha value is -2.14. The van der Waals surface area contributed by atoms with Gasteiger partial charge in [-0.15, -0.1) is 0 Å². The number of benzene rings is 1. The highest BCUT2D eigenvalue weighted by atomic mass is 35.5. The zero-order valence-corrected chi connectivity index (χ0v) is 11.7. The standard InChI is InChI=1S/C14H14ClN3O2/c1-2-20-13(19)9-16-12-8-11(15)17-14(18-12)10-6-4-3-5-7-10/h3-8H,2,9H2,1H3,(H,16,17,18). The third-order valence-corrected chi connectivity index (χ3v) is 2.64. The first-order valence-corrected chi connectivity index (χ1v) is 6.56. The average molecular weight is 292 g/mol. The topological polar surface area (TPSA) is 64.1 Å². The van der Waals surface area contributed by atoms with E-state index in [1.807, 2.05) is 30.3 Å². The normalized spacial score (nSPS) is 10.1. The van der Waals surface area contributed by atoms with Crippen LogP contribution in [0, 0.1) is 0 Å². The van der Waals surface area contributed by atoms with Crippen molar-refractivity contribution >= 4 is 23.4 Å². The van der Waals surface area contributed by atoms with Crippen molar-refractivity contribution in [2.75, 3.05) is 18.5 Å². The fraction of sp³-hybridized carbons (Fsp3) is 0.214. The average Bonchev–Trinajstić information content (AvgIpc) is 2.46. The van der Waals surface area contributed by atoms with Crippen LogP contribution in [0.5, 0.6) is 0 Å². The number of nitrogens with zero attached hydrogens (tertiary/aromatic N) is 2. The van der Waals surface area contributed by atoms with Crippen molar-refractivity contribution in [2.24, 2.45) is 0 Å². The molecule has 2 rings (SSSR count). The van der Waals surface area contributed by atoms with Gasteiger partial charge >= 0.3 is 5.97 Å². The van der Waals surface area contributed by atoms with Crippen molar-refractivity contribution in [1.29, 1.82) is 0 Å². The maximum absolute atomic E-state index is 11.3. The van der Waals surface area contributed by atoms with Crippen LogP contribution in [0.15, 0.2) is 36.4 Å². The fourth-order valence-electron chi connectivity index (χ4n) is 1.60. The Bertz CT molecular complexity index is 590. The van der Waals surface area contributed by atoms with E-state index in [-0.39, 0.29) is 12.5 Å². The number of carbonyl (C=O) groups excluding carboxylic acids is 1. The number of halogens is 1. The maximum Gasteiger partial charge on any atom is 0.325 e. The minimum Gasteiger partial charge on any atom is -0.465 e. The monoisotopic (exact) mass is 291 g/mol. The number of carbonyl (C=O) groups is 1. The molecule has 2 aromatic rings. The summed E-state index contributed by atoms with van der Waals surface area (Å²) >= 11 is 5.97. The number of nitrogens with one attached hydrogen (secondary N) is 1. The van der Waals surface area contributed by atoms with E-state index in [2.05, 4.69) is 15.3 Å². The summed E-state index contributed by atoms with van der Waals surface area (Å²) in [5.41, 5.74) is 0.856. The van der Waals surface area contributed by atoms with Crippen LogP contribution in [0.3, 0.4) is 0 Å². The number of anilines is 1. The molecule has 0 unspecified atom stereocenters. The lowest BCUT2D eigenvalue weighted by Gasteiger charge is -2.07. The smallest absolute Gasteiger partial charge is 0.325 e. The van der Waals surface area contributed by atoms with Gasteiger partial charge in [0.15, 0.2) is 5.82 Å². The summed E-state index contributed by atoms with van der Waals surface area (Å²) in [5, 5.41) is 3.18. The molecule has 0 spiro atoms. The molecule has 5 nitrogen and oxygen atoms in total. The molecule has 0 amide bonds. The van der Waals surface area contributed by atoms with Gasteiger partial charge in [-0.05, 0) is 6.92 Å². The summed E-state index contributed by atoms with van der Waals surface area (Å²) in [6.45, 7) is 2.14. The zero-order chi connectivity index (χ0) is 14.4. The second kappa shape index (κ2) is 6.86. The Morgan fingerprint density at radius 3 is 2.75 bits per heavy atom. The van der Waals surface area contributed by atoms with Gasteiger partial charge in [0.05, 0.1) is 6.61 Å². The minimum absolute atomic E-state index is 0.0371. The van der Waals surface area contributed by atoms with Crippen molar-refractivity contribution in [3.05, 3.63) is 41.6 Å². The Labute approximate surface area is 122 Å². The van der Waals surface area contributed by atoms with E-state index in [1.165, 1.54) is 0 Å². The van der Waals surface area contributed by atoms with Crippen LogP contribution in [0.25, 0.3) is 11.4 Å². The van der Waals surface area contributed by atoms with E-state index in [1.54, 1.807) is 13.0 Å². The summed E-state index contributed by atoms with van der Waals surface area (Å²) < 4.78 is 4.83. The molecule has 104 valence electrons. The molecular weight excluding hydrogens is 278 g/mol. The lowest BCUT2D eigenvalue weighted by molar-refractivity contribution is -0.140. The maximum atomic E-state index is 11.3. The van der Waals surface area contributed by atoms with Gasteiger partial charge in [0, 0.05) is 11.6 Å². The third kappa shape index (κ3) is 3.93. The molecule has 1 heterocycles. The SMILES string of the molecule is CCOC(=O)CNc1cc(Cl)nc(-c2ccccc2)n1. The van der Waals surface area contributed by atoms with Crippen LogP contribution >= 0.6 is 11.6 Å². The van der Waals surface area contributed by atoms with Gasteiger partial charge < -0.3 is 10.1 Å². The predicted octanol–water partition coefficient (Wildman–Crippen LogP) is 2.77. The van der Waals surface area contributed by atoms with Crippen molar-refractivity contribution in [3.63, 3.8) is 0 Å². The molecular formula is C14H14ClN3O2. The first kappa shape index (κ1) is 14.3. The van der Waals surface area contributed by atoms with E-state index in [4.69, 9.17) is 16.3 Å². The molecule has 0 aliphatic carbocycles. The number of hydrogen-bond donors (Lipinski definition) is 1. The molecule has 1 aromatic heterocycles. The summed E-state index contributed by atoms with van der Waals surface area (Å²) in [6.07, 6.45) is 0. The largest absolute Gasteiger partial charge is 0.465 e. The van der Waals surface area contributed by atoms with E-state index in [9.17, 15) is 4.79 Å². The molecule has 0 saturated carbocycles. The molecule has 0 aliphatic rings. The van der Waals surface area contributed by atoms with Gasteiger partial charge in [0.2, 0.25) is 0 Å². The molecule has 0 saturated heterocycles. The second-order valence-corrected chi connectivity index (χ2v) is 4.31. The van der Waals surface area contributed by atoms with E-state index in [0.29, 0.717) is 23.4 Å². The van der Waals surface area contributed by atoms with E-state index < -0.39 is 0 Å². The number of rotatable bonds is 5. The highest BCUT2D eigenvalue weighted by molar-refractivity contribution is 6.29. The molecule has 0 fully saturated rings. The van der Waals surface area contributed by atoms with Crippen LogP contribution < -0.4 is 5.32 Å². The Morgan fingerprint density at radius 2 is 2.05 bits per heavy atom. The Morgan fingerprint density at radius 1 is 1.30 bits per heavy atom. The minimum atomic E-state index is -0.344. The number of aromatic nitrogens is 2. The Balaban J connectivity index is 2.15. The van der Waals surface area contributed by atoms with Gasteiger partial charge in [0.1, 0.15) is 17.5 Å². The molecule has 6 heteroatoms. The van der Waals surface area contributed by atoms with Crippen molar-refractivity contribution in [3.8, 4) is 11.4 Å². The molecule has 1 N–H and O–H groups in total. The van der Waals surface area contributed by atoms with Crippen molar-refractivity contribution in [2.45, 2.75) is 6.92 Å². The third-order valence-electron chi connectivity index (χ3n) is 2.45. The summed E-state index contributed by atoms with van der Waals surface area (Å²) in [6, 6.07) is 11.0. The quantitative estimate of drug-likeness (QED) is 0.678.